The lowest BCUT2D eigenvalue weighted by atomic mass is 9.92. The Morgan fingerprint density at radius 1 is 1.06 bits per heavy atom. The highest BCUT2D eigenvalue weighted by atomic mass is 19.1. The molecule has 0 spiro atoms. The van der Waals surface area contributed by atoms with Crippen LogP contribution in [0.15, 0.2) is 77.5 Å². The van der Waals surface area contributed by atoms with Crippen LogP contribution in [0.5, 0.6) is 0 Å². The van der Waals surface area contributed by atoms with Gasteiger partial charge in [-0.2, -0.15) is 10.4 Å². The van der Waals surface area contributed by atoms with E-state index in [-0.39, 0.29) is 29.4 Å². The van der Waals surface area contributed by atoms with E-state index < -0.39 is 11.8 Å². The Bertz CT molecular complexity index is 1360. The van der Waals surface area contributed by atoms with Crippen LogP contribution >= 0.6 is 0 Å². The molecule has 0 atom stereocenters. The lowest BCUT2D eigenvalue weighted by Gasteiger charge is -2.28. The zero-order chi connectivity index (χ0) is 24.4. The molecule has 2 amide bonds. The molecule has 0 fully saturated rings. The largest absolute Gasteiger partial charge is 0.273 e. The lowest BCUT2D eigenvalue weighted by molar-refractivity contribution is -0.141. The van der Waals surface area contributed by atoms with Crippen LogP contribution in [0.4, 0.5) is 4.39 Å². The number of carbonyl (C=O) groups is 2. The van der Waals surface area contributed by atoms with Crippen molar-refractivity contribution in [3.8, 4) is 23.0 Å². The third-order valence-electron chi connectivity index (χ3n) is 5.55. The molecule has 0 aliphatic carbocycles. The first kappa shape index (κ1) is 22.9. The van der Waals surface area contributed by atoms with Gasteiger partial charge in [-0.05, 0) is 60.9 Å². The summed E-state index contributed by atoms with van der Waals surface area (Å²) in [5, 5.41) is 14.3. The molecular formula is C27H23FN4O2. The van der Waals surface area contributed by atoms with E-state index in [1.54, 1.807) is 36.0 Å². The number of para-hydroxylation sites is 1. The van der Waals surface area contributed by atoms with Crippen molar-refractivity contribution < 1.29 is 14.0 Å². The maximum absolute atomic E-state index is 13.6. The van der Waals surface area contributed by atoms with Gasteiger partial charge in [0.25, 0.3) is 11.8 Å². The summed E-state index contributed by atoms with van der Waals surface area (Å²) in [5.74, 6) is -1.35. The summed E-state index contributed by atoms with van der Waals surface area (Å²) in [7, 11) is 0. The van der Waals surface area contributed by atoms with Gasteiger partial charge in [0.2, 0.25) is 0 Å². The molecule has 1 aliphatic heterocycles. The van der Waals surface area contributed by atoms with E-state index >= 15 is 0 Å². The van der Waals surface area contributed by atoms with Gasteiger partial charge in [0.05, 0.1) is 11.4 Å². The average molecular weight is 455 g/mol. The van der Waals surface area contributed by atoms with Crippen molar-refractivity contribution in [1.29, 1.82) is 5.26 Å². The van der Waals surface area contributed by atoms with Crippen molar-refractivity contribution in [3.05, 3.63) is 88.9 Å². The molecule has 0 bridgehead atoms. The SMILES string of the molecule is CC1=C(C#N)C(=O)N(CC(C)C)C(=O)/C1=C/c1cn(-c2ccccc2)nc1-c1ccc(F)cc1. The Morgan fingerprint density at radius 3 is 2.35 bits per heavy atom. The molecule has 0 unspecified atom stereocenters. The minimum atomic E-state index is -0.574. The molecule has 34 heavy (non-hydrogen) atoms. The number of aromatic nitrogens is 2. The highest BCUT2D eigenvalue weighted by Crippen LogP contribution is 2.31. The number of rotatable bonds is 5. The summed E-state index contributed by atoms with van der Waals surface area (Å²) < 4.78 is 15.2. The molecule has 3 aromatic rings. The molecule has 0 saturated carbocycles. The number of amides is 2. The van der Waals surface area contributed by atoms with Crippen molar-refractivity contribution in [1.82, 2.24) is 14.7 Å². The van der Waals surface area contributed by atoms with Crippen LogP contribution in [-0.4, -0.2) is 33.0 Å². The standard InChI is InChI=1S/C27H23FN4O2/c1-17(2)15-31-26(33)23(18(3)24(14-29)27(31)34)13-20-16-32(22-7-5-4-6-8-22)30-25(20)19-9-11-21(28)12-10-19/h4-13,16-17H,15H2,1-3H3/b23-13+. The van der Waals surface area contributed by atoms with E-state index in [1.807, 2.05) is 50.2 Å². The maximum atomic E-state index is 13.6. The van der Waals surface area contributed by atoms with Gasteiger partial charge in [-0.15, -0.1) is 0 Å². The first-order valence-corrected chi connectivity index (χ1v) is 10.9. The minimum Gasteiger partial charge on any atom is -0.273 e. The number of hydrogen-bond acceptors (Lipinski definition) is 4. The Morgan fingerprint density at radius 2 is 1.74 bits per heavy atom. The summed E-state index contributed by atoms with van der Waals surface area (Å²) in [5.41, 5.74) is 3.17. The van der Waals surface area contributed by atoms with Crippen LogP contribution in [0.25, 0.3) is 23.0 Å². The molecule has 7 heteroatoms. The van der Waals surface area contributed by atoms with Crippen LogP contribution < -0.4 is 0 Å². The molecular weight excluding hydrogens is 431 g/mol. The Kier molecular flexibility index (Phi) is 6.24. The molecule has 2 aromatic carbocycles. The fourth-order valence-electron chi connectivity index (χ4n) is 3.85. The number of hydrogen-bond donors (Lipinski definition) is 0. The molecule has 0 N–H and O–H groups in total. The van der Waals surface area contributed by atoms with Gasteiger partial charge in [0.15, 0.2) is 0 Å². The summed E-state index contributed by atoms with van der Waals surface area (Å²) in [6.45, 7) is 5.61. The fraction of sp³-hybridized carbons (Fsp3) is 0.185. The molecule has 0 saturated heterocycles. The Hall–Kier alpha value is -4.31. The van der Waals surface area contributed by atoms with Crippen molar-refractivity contribution in [2.45, 2.75) is 20.8 Å². The molecule has 2 heterocycles. The second kappa shape index (κ2) is 9.28. The van der Waals surface area contributed by atoms with Gasteiger partial charge in [0, 0.05) is 29.4 Å². The van der Waals surface area contributed by atoms with Crippen LogP contribution in [0.1, 0.15) is 26.3 Å². The molecule has 6 nitrogen and oxygen atoms in total. The second-order valence-electron chi connectivity index (χ2n) is 8.50. The quantitative estimate of drug-likeness (QED) is 0.405. The predicted octanol–water partition coefficient (Wildman–Crippen LogP) is 4.93. The van der Waals surface area contributed by atoms with Crippen LogP contribution in [0.2, 0.25) is 0 Å². The van der Waals surface area contributed by atoms with Gasteiger partial charge in [-0.25, -0.2) is 9.07 Å². The highest BCUT2D eigenvalue weighted by Gasteiger charge is 2.35. The third-order valence-corrected chi connectivity index (χ3v) is 5.55. The Labute approximate surface area is 197 Å². The van der Waals surface area contributed by atoms with Crippen molar-refractivity contribution in [3.63, 3.8) is 0 Å². The van der Waals surface area contributed by atoms with Gasteiger partial charge in [-0.3, -0.25) is 14.5 Å². The maximum Gasteiger partial charge on any atom is 0.271 e. The van der Waals surface area contributed by atoms with Crippen molar-refractivity contribution >= 4 is 17.9 Å². The molecule has 1 aliphatic rings. The second-order valence-corrected chi connectivity index (χ2v) is 8.50. The van der Waals surface area contributed by atoms with E-state index in [9.17, 15) is 19.2 Å². The van der Waals surface area contributed by atoms with Crippen molar-refractivity contribution in [2.24, 2.45) is 5.92 Å². The third kappa shape index (κ3) is 4.30. The van der Waals surface area contributed by atoms with E-state index in [0.717, 1.165) is 10.6 Å². The molecule has 0 radical (unpaired) electrons. The average Bonchev–Trinajstić information content (AvgIpc) is 3.25. The zero-order valence-corrected chi connectivity index (χ0v) is 19.1. The Balaban J connectivity index is 1.91. The summed E-state index contributed by atoms with van der Waals surface area (Å²) >= 11 is 0. The molecule has 1 aromatic heterocycles. The first-order valence-electron chi connectivity index (χ1n) is 10.9. The smallest absolute Gasteiger partial charge is 0.271 e. The number of nitriles is 1. The summed E-state index contributed by atoms with van der Waals surface area (Å²) in [6, 6.07) is 17.4. The van der Waals surface area contributed by atoms with Gasteiger partial charge >= 0.3 is 0 Å². The molecule has 170 valence electrons. The highest BCUT2D eigenvalue weighted by molar-refractivity contribution is 6.19. The number of benzene rings is 2. The summed E-state index contributed by atoms with van der Waals surface area (Å²) in [6.07, 6.45) is 3.43. The normalized spacial score (nSPS) is 15.4. The van der Waals surface area contributed by atoms with Gasteiger partial charge in [-0.1, -0.05) is 32.0 Å². The van der Waals surface area contributed by atoms with Crippen LogP contribution in [-0.2, 0) is 9.59 Å². The first-order chi connectivity index (χ1) is 16.3. The zero-order valence-electron chi connectivity index (χ0n) is 19.1. The predicted molar refractivity (Wildman–Crippen MR) is 127 cm³/mol. The van der Waals surface area contributed by atoms with E-state index in [1.165, 1.54) is 12.1 Å². The monoisotopic (exact) mass is 454 g/mol. The van der Waals surface area contributed by atoms with Crippen molar-refractivity contribution in [2.75, 3.05) is 6.54 Å². The number of carbonyl (C=O) groups excluding carboxylic acids is 2. The number of halogens is 1. The molecule has 4 rings (SSSR count). The number of nitrogens with zero attached hydrogens (tertiary/aromatic N) is 4. The summed E-state index contributed by atoms with van der Waals surface area (Å²) in [4.78, 5) is 27.2. The van der Waals surface area contributed by atoms with E-state index in [2.05, 4.69) is 0 Å². The van der Waals surface area contributed by atoms with Crippen LogP contribution in [0, 0.1) is 23.1 Å². The fourth-order valence-corrected chi connectivity index (χ4v) is 3.85. The topological polar surface area (TPSA) is 79.0 Å². The van der Waals surface area contributed by atoms with E-state index in [4.69, 9.17) is 5.10 Å². The van der Waals surface area contributed by atoms with E-state index in [0.29, 0.717) is 22.4 Å². The van der Waals surface area contributed by atoms with Crippen LogP contribution in [0.3, 0.4) is 0 Å². The lowest BCUT2D eigenvalue weighted by Crippen LogP contribution is -2.44. The number of imide groups is 1. The van der Waals surface area contributed by atoms with Gasteiger partial charge in [0.1, 0.15) is 17.5 Å². The van der Waals surface area contributed by atoms with Gasteiger partial charge < -0.3 is 0 Å². The minimum absolute atomic E-state index is 0.0445.